The Morgan fingerprint density at radius 1 is 1.08 bits per heavy atom. The molecule has 3 heteroatoms. The summed E-state index contributed by atoms with van der Waals surface area (Å²) in [6, 6.07) is 10.6. The zero-order valence-electron chi connectivity index (χ0n) is 16.1. The van der Waals surface area contributed by atoms with Crippen molar-refractivity contribution in [2.75, 3.05) is 25.0 Å². The second-order valence-corrected chi connectivity index (χ2v) is 6.45. The van der Waals surface area contributed by atoms with Crippen LogP contribution in [0.25, 0.3) is 6.08 Å². The third-order valence-electron chi connectivity index (χ3n) is 4.11. The Kier molecular flexibility index (Phi) is 6.93. The number of aryl methyl sites for hydroxylation is 2. The van der Waals surface area contributed by atoms with Crippen LogP contribution < -0.4 is 4.90 Å². The fraction of sp³-hybridized carbons (Fsp3) is 0.364. The van der Waals surface area contributed by atoms with Crippen molar-refractivity contribution in [2.24, 2.45) is 4.99 Å². The van der Waals surface area contributed by atoms with Gasteiger partial charge < -0.3 is 4.90 Å². The maximum atomic E-state index is 4.72. The normalized spacial score (nSPS) is 13.6. The van der Waals surface area contributed by atoms with Gasteiger partial charge in [-0.15, -0.1) is 0 Å². The Balaban J connectivity index is 0.000000701. The minimum absolute atomic E-state index is 0.791. The smallest absolute Gasteiger partial charge is 0.137 e. The SMILES string of the molecule is CCC.Cc1ccc(/C=C/C2=NCCN(C)c3ncccc32)cc1C. The molecular weight excluding hydrogens is 306 g/mol. The molecule has 0 spiro atoms. The summed E-state index contributed by atoms with van der Waals surface area (Å²) in [6.45, 7) is 10.2. The van der Waals surface area contributed by atoms with Gasteiger partial charge in [0.15, 0.2) is 0 Å². The predicted molar refractivity (Wildman–Crippen MR) is 110 cm³/mol. The number of rotatable bonds is 2. The zero-order chi connectivity index (χ0) is 18.2. The molecule has 0 bridgehead atoms. The molecule has 2 heterocycles. The zero-order valence-corrected chi connectivity index (χ0v) is 16.1. The molecule has 1 aromatic carbocycles. The van der Waals surface area contributed by atoms with E-state index in [1.165, 1.54) is 23.1 Å². The highest BCUT2D eigenvalue weighted by Crippen LogP contribution is 2.20. The van der Waals surface area contributed by atoms with Crippen LogP contribution in [0.4, 0.5) is 5.82 Å². The van der Waals surface area contributed by atoms with E-state index in [4.69, 9.17) is 4.99 Å². The third-order valence-corrected chi connectivity index (χ3v) is 4.11. The predicted octanol–water partition coefficient (Wildman–Crippen LogP) is 5.07. The number of anilines is 1. The number of fused-ring (bicyclic) bond motifs is 1. The number of pyridine rings is 1. The molecule has 0 atom stereocenters. The quantitative estimate of drug-likeness (QED) is 0.767. The lowest BCUT2D eigenvalue weighted by molar-refractivity contribution is 0.880. The average molecular weight is 335 g/mol. The van der Waals surface area contributed by atoms with Gasteiger partial charge in [-0.2, -0.15) is 0 Å². The monoisotopic (exact) mass is 335 g/mol. The van der Waals surface area contributed by atoms with Crippen LogP contribution in [0.1, 0.15) is 42.5 Å². The van der Waals surface area contributed by atoms with Crippen molar-refractivity contribution in [1.82, 2.24) is 4.98 Å². The summed E-state index contributed by atoms with van der Waals surface area (Å²) in [5.74, 6) is 1.00. The Bertz CT molecular complexity index is 760. The van der Waals surface area contributed by atoms with Crippen LogP contribution >= 0.6 is 0 Å². The van der Waals surface area contributed by atoms with Gasteiger partial charge in [0.05, 0.1) is 12.3 Å². The van der Waals surface area contributed by atoms with E-state index in [0.29, 0.717) is 0 Å². The molecule has 2 aromatic rings. The molecule has 0 fully saturated rings. The van der Waals surface area contributed by atoms with E-state index in [1.807, 2.05) is 12.3 Å². The van der Waals surface area contributed by atoms with Crippen LogP contribution in [-0.4, -0.2) is 30.8 Å². The second kappa shape index (κ2) is 9.16. The molecule has 0 aliphatic carbocycles. The summed E-state index contributed by atoms with van der Waals surface area (Å²) in [6.07, 6.45) is 7.32. The number of aliphatic imine (C=N–C) groups is 1. The summed E-state index contributed by atoms with van der Waals surface area (Å²) in [7, 11) is 2.07. The van der Waals surface area contributed by atoms with Gasteiger partial charge in [0.25, 0.3) is 0 Å². The fourth-order valence-corrected chi connectivity index (χ4v) is 2.60. The molecule has 3 nitrogen and oxygen atoms in total. The minimum atomic E-state index is 0.791. The van der Waals surface area contributed by atoms with E-state index in [-0.39, 0.29) is 0 Å². The maximum absolute atomic E-state index is 4.72. The van der Waals surface area contributed by atoms with Gasteiger partial charge >= 0.3 is 0 Å². The Morgan fingerprint density at radius 3 is 2.56 bits per heavy atom. The molecule has 3 rings (SSSR count). The third kappa shape index (κ3) is 5.02. The number of hydrogen-bond donors (Lipinski definition) is 0. The molecule has 132 valence electrons. The van der Waals surface area contributed by atoms with Gasteiger partial charge in [0.2, 0.25) is 0 Å². The van der Waals surface area contributed by atoms with Crippen LogP contribution in [0, 0.1) is 13.8 Å². The van der Waals surface area contributed by atoms with E-state index < -0.39 is 0 Å². The summed E-state index contributed by atoms with van der Waals surface area (Å²) in [4.78, 5) is 11.4. The lowest BCUT2D eigenvalue weighted by atomic mass is 10.0. The first-order chi connectivity index (χ1) is 12.1. The van der Waals surface area contributed by atoms with Gasteiger partial charge in [-0.25, -0.2) is 4.98 Å². The van der Waals surface area contributed by atoms with Crippen molar-refractivity contribution in [3.05, 3.63) is 64.9 Å². The van der Waals surface area contributed by atoms with Crippen molar-refractivity contribution in [3.63, 3.8) is 0 Å². The summed E-state index contributed by atoms with van der Waals surface area (Å²) >= 11 is 0. The van der Waals surface area contributed by atoms with Crippen LogP contribution in [0.15, 0.2) is 47.6 Å². The number of aromatic nitrogens is 1. The van der Waals surface area contributed by atoms with E-state index in [9.17, 15) is 0 Å². The molecule has 1 aliphatic heterocycles. The summed E-state index contributed by atoms with van der Waals surface area (Å²) in [5, 5.41) is 0. The molecule has 0 N–H and O–H groups in total. The number of allylic oxidation sites excluding steroid dienone is 1. The van der Waals surface area contributed by atoms with Crippen LogP contribution in [0.2, 0.25) is 0 Å². The van der Waals surface area contributed by atoms with Gasteiger partial charge in [-0.1, -0.05) is 44.5 Å². The molecule has 25 heavy (non-hydrogen) atoms. The van der Waals surface area contributed by atoms with Crippen LogP contribution in [-0.2, 0) is 0 Å². The highest BCUT2D eigenvalue weighted by Gasteiger charge is 2.14. The lowest BCUT2D eigenvalue weighted by Crippen LogP contribution is -2.21. The highest BCUT2D eigenvalue weighted by molar-refractivity contribution is 6.13. The Morgan fingerprint density at radius 2 is 1.84 bits per heavy atom. The van der Waals surface area contributed by atoms with Crippen molar-refractivity contribution in [1.29, 1.82) is 0 Å². The first-order valence-electron chi connectivity index (χ1n) is 9.03. The van der Waals surface area contributed by atoms with Crippen molar-refractivity contribution in [2.45, 2.75) is 34.1 Å². The maximum Gasteiger partial charge on any atom is 0.137 e. The van der Waals surface area contributed by atoms with Crippen molar-refractivity contribution >= 4 is 17.6 Å². The Hall–Kier alpha value is -2.42. The molecule has 1 aliphatic rings. The second-order valence-electron chi connectivity index (χ2n) is 6.45. The lowest BCUT2D eigenvalue weighted by Gasteiger charge is -2.16. The topological polar surface area (TPSA) is 28.5 Å². The van der Waals surface area contributed by atoms with E-state index in [2.05, 4.69) is 81.0 Å². The molecule has 0 saturated carbocycles. The van der Waals surface area contributed by atoms with Gasteiger partial charge in [-0.05, 0) is 48.7 Å². The van der Waals surface area contributed by atoms with Crippen LogP contribution in [0.3, 0.4) is 0 Å². The Labute approximate surface area is 152 Å². The average Bonchev–Trinajstić information content (AvgIpc) is 2.76. The van der Waals surface area contributed by atoms with Crippen LogP contribution in [0.5, 0.6) is 0 Å². The number of likely N-dealkylation sites (N-methyl/N-ethyl adjacent to an activating group) is 1. The highest BCUT2D eigenvalue weighted by atomic mass is 15.2. The van der Waals surface area contributed by atoms with Crippen molar-refractivity contribution in [3.8, 4) is 0 Å². The standard InChI is InChI=1S/C19H21N3.C3H8/c1-14-6-7-16(13-15(14)2)8-9-18-17-5-4-10-21-19(17)22(3)12-11-20-18;1-3-2/h4-10,13H,11-12H2,1-3H3;3H2,1-2H3/b9-8+;. The first kappa shape index (κ1) is 18.9. The number of hydrogen-bond acceptors (Lipinski definition) is 3. The van der Waals surface area contributed by atoms with E-state index >= 15 is 0 Å². The molecular formula is C22H29N3. The van der Waals surface area contributed by atoms with Gasteiger partial charge in [0, 0.05) is 25.4 Å². The minimum Gasteiger partial charge on any atom is -0.357 e. The van der Waals surface area contributed by atoms with Gasteiger partial charge in [-0.3, -0.25) is 4.99 Å². The van der Waals surface area contributed by atoms with E-state index in [0.717, 1.165) is 30.2 Å². The molecule has 0 radical (unpaired) electrons. The number of benzene rings is 1. The largest absolute Gasteiger partial charge is 0.357 e. The molecule has 0 amide bonds. The molecule has 1 aromatic heterocycles. The van der Waals surface area contributed by atoms with Gasteiger partial charge in [0.1, 0.15) is 5.82 Å². The molecule has 0 unspecified atom stereocenters. The first-order valence-corrected chi connectivity index (χ1v) is 9.03. The van der Waals surface area contributed by atoms with E-state index in [1.54, 1.807) is 0 Å². The van der Waals surface area contributed by atoms with Crippen molar-refractivity contribution < 1.29 is 0 Å². The summed E-state index contributed by atoms with van der Waals surface area (Å²) in [5.41, 5.74) is 5.94. The number of nitrogens with zero attached hydrogens (tertiary/aromatic N) is 3. The fourth-order valence-electron chi connectivity index (χ4n) is 2.60. The summed E-state index contributed by atoms with van der Waals surface area (Å²) < 4.78 is 0. The molecule has 0 saturated heterocycles.